The minimum atomic E-state index is -0.510. The molecule has 3 saturated heterocycles. The lowest BCUT2D eigenvalue weighted by Gasteiger charge is -2.46. The lowest BCUT2D eigenvalue weighted by Crippen LogP contribution is -2.54. The molecule has 4 amide bonds. The van der Waals surface area contributed by atoms with E-state index < -0.39 is 5.41 Å². The van der Waals surface area contributed by atoms with Gasteiger partial charge in [-0.1, -0.05) is 17.7 Å². The molecule has 3 heterocycles. The van der Waals surface area contributed by atoms with Crippen LogP contribution in [-0.4, -0.2) is 71.8 Å². The Kier molecular flexibility index (Phi) is 5.43. The number of amides is 4. The first-order valence-corrected chi connectivity index (χ1v) is 11.0. The molecule has 1 atom stereocenters. The third kappa shape index (κ3) is 3.33. The second kappa shape index (κ2) is 7.76. The predicted molar refractivity (Wildman–Crippen MR) is 115 cm³/mol. The van der Waals surface area contributed by atoms with Crippen molar-refractivity contribution < 1.29 is 14.4 Å². The van der Waals surface area contributed by atoms with Crippen molar-refractivity contribution in [2.45, 2.75) is 33.1 Å². The Morgan fingerprint density at radius 1 is 1.10 bits per heavy atom. The van der Waals surface area contributed by atoms with Gasteiger partial charge in [0.1, 0.15) is 0 Å². The van der Waals surface area contributed by atoms with Crippen molar-refractivity contribution in [2.75, 3.05) is 44.6 Å². The van der Waals surface area contributed by atoms with Crippen LogP contribution in [0.2, 0.25) is 5.02 Å². The van der Waals surface area contributed by atoms with Crippen molar-refractivity contribution in [3.8, 4) is 0 Å². The molecule has 0 unspecified atom stereocenters. The van der Waals surface area contributed by atoms with Gasteiger partial charge < -0.3 is 20.0 Å². The molecule has 0 saturated carbocycles. The van der Waals surface area contributed by atoms with Gasteiger partial charge in [-0.25, -0.2) is 4.79 Å². The van der Waals surface area contributed by atoms with Crippen LogP contribution in [0.3, 0.4) is 0 Å². The van der Waals surface area contributed by atoms with Gasteiger partial charge in [-0.15, -0.1) is 0 Å². The minimum absolute atomic E-state index is 0.0233. The number of fused-ring (bicyclic) bond motifs is 1. The summed E-state index contributed by atoms with van der Waals surface area (Å²) in [6.45, 7) is 7.29. The van der Waals surface area contributed by atoms with Crippen molar-refractivity contribution in [1.29, 1.82) is 0 Å². The summed E-state index contributed by atoms with van der Waals surface area (Å²) >= 11 is 6.01. The molecule has 30 heavy (non-hydrogen) atoms. The average Bonchev–Trinajstić information content (AvgIpc) is 3.21. The molecule has 3 fully saturated rings. The summed E-state index contributed by atoms with van der Waals surface area (Å²) in [6, 6.07) is 6.93. The van der Waals surface area contributed by atoms with E-state index in [-0.39, 0.29) is 23.3 Å². The quantitative estimate of drug-likeness (QED) is 0.780. The topological polar surface area (TPSA) is 73.0 Å². The summed E-state index contributed by atoms with van der Waals surface area (Å²) in [6.07, 6.45) is 2.24. The van der Waals surface area contributed by atoms with Gasteiger partial charge >= 0.3 is 6.03 Å². The maximum absolute atomic E-state index is 13.4. The second-order valence-electron chi connectivity index (χ2n) is 8.80. The number of anilines is 1. The number of piperidine rings is 1. The number of nitrogens with one attached hydrogen (secondary N) is 1. The Morgan fingerprint density at radius 2 is 1.83 bits per heavy atom. The molecule has 0 aliphatic carbocycles. The smallest absolute Gasteiger partial charge is 0.321 e. The Labute approximate surface area is 182 Å². The highest BCUT2D eigenvalue weighted by atomic mass is 35.5. The highest BCUT2D eigenvalue weighted by molar-refractivity contribution is 6.30. The molecule has 1 aromatic carbocycles. The Morgan fingerprint density at radius 3 is 2.43 bits per heavy atom. The number of likely N-dealkylation sites (tertiary alicyclic amines) is 3. The van der Waals surface area contributed by atoms with E-state index in [4.69, 9.17) is 11.6 Å². The summed E-state index contributed by atoms with van der Waals surface area (Å²) < 4.78 is 0. The molecular formula is C22H29ClN4O3. The Balaban J connectivity index is 1.50. The van der Waals surface area contributed by atoms with Gasteiger partial charge in [0.25, 0.3) is 0 Å². The first-order chi connectivity index (χ1) is 14.3. The molecule has 162 valence electrons. The van der Waals surface area contributed by atoms with Crippen molar-refractivity contribution >= 4 is 35.1 Å². The monoisotopic (exact) mass is 432 g/mol. The number of rotatable bonds is 2. The van der Waals surface area contributed by atoms with E-state index >= 15 is 0 Å². The molecule has 0 bridgehead atoms. The summed E-state index contributed by atoms with van der Waals surface area (Å²) in [5.41, 5.74) is -0.103. The average molecular weight is 433 g/mol. The molecule has 0 radical (unpaired) electrons. The highest BCUT2D eigenvalue weighted by Gasteiger charge is 2.65. The van der Waals surface area contributed by atoms with Gasteiger partial charge in [0, 0.05) is 62.3 Å². The molecule has 7 nitrogen and oxygen atoms in total. The minimum Gasteiger partial charge on any atom is -0.342 e. The van der Waals surface area contributed by atoms with Gasteiger partial charge in [-0.2, -0.15) is 0 Å². The fourth-order valence-electron chi connectivity index (χ4n) is 5.61. The van der Waals surface area contributed by atoms with Crippen LogP contribution >= 0.6 is 11.6 Å². The van der Waals surface area contributed by atoms with Crippen LogP contribution < -0.4 is 5.32 Å². The fraction of sp³-hybridized carbons (Fsp3) is 0.591. The van der Waals surface area contributed by atoms with Crippen LogP contribution in [0.4, 0.5) is 10.5 Å². The van der Waals surface area contributed by atoms with Crippen LogP contribution in [0, 0.1) is 10.8 Å². The van der Waals surface area contributed by atoms with Gasteiger partial charge in [0.15, 0.2) is 0 Å². The van der Waals surface area contributed by atoms with E-state index in [1.165, 1.54) is 0 Å². The van der Waals surface area contributed by atoms with Gasteiger partial charge in [-0.05, 0) is 44.4 Å². The summed E-state index contributed by atoms with van der Waals surface area (Å²) in [4.78, 5) is 43.9. The molecule has 3 aliphatic rings. The number of hydrogen-bond acceptors (Lipinski definition) is 3. The van der Waals surface area contributed by atoms with E-state index in [0.29, 0.717) is 43.4 Å². The Hall–Kier alpha value is -2.28. The summed E-state index contributed by atoms with van der Waals surface area (Å²) in [5, 5.41) is 3.48. The molecule has 4 rings (SSSR count). The lowest BCUT2D eigenvalue weighted by molar-refractivity contribution is -0.141. The fourth-order valence-corrected chi connectivity index (χ4v) is 5.80. The third-order valence-corrected chi connectivity index (χ3v) is 7.62. The number of urea groups is 1. The van der Waals surface area contributed by atoms with E-state index in [1.807, 2.05) is 22.8 Å². The zero-order valence-corrected chi connectivity index (χ0v) is 18.4. The standard InChI is InChI=1S/C22H29ClN4O3/c1-3-25-12-9-22(19(25)29)15-27(16(2)28)14-21(22)7-10-26(11-8-21)20(30)24-18-6-4-5-17(23)13-18/h4-6,13H,3,7-12,14-15H2,1-2H3,(H,24,30)/t22-/m0/s1. The van der Waals surface area contributed by atoms with Crippen molar-refractivity contribution in [1.82, 2.24) is 14.7 Å². The van der Waals surface area contributed by atoms with E-state index in [0.717, 1.165) is 25.8 Å². The van der Waals surface area contributed by atoms with Crippen LogP contribution in [0.5, 0.6) is 0 Å². The number of halogens is 1. The maximum Gasteiger partial charge on any atom is 0.321 e. The van der Waals surface area contributed by atoms with Crippen molar-refractivity contribution in [2.24, 2.45) is 10.8 Å². The zero-order chi connectivity index (χ0) is 21.5. The van der Waals surface area contributed by atoms with Gasteiger partial charge in [-0.3, -0.25) is 9.59 Å². The number of nitrogens with zero attached hydrogens (tertiary/aromatic N) is 3. The third-order valence-electron chi connectivity index (χ3n) is 7.39. The summed E-state index contributed by atoms with van der Waals surface area (Å²) in [5.74, 6) is 0.209. The number of benzene rings is 1. The largest absolute Gasteiger partial charge is 0.342 e. The molecular weight excluding hydrogens is 404 g/mol. The molecule has 8 heteroatoms. The molecule has 2 spiro atoms. The first-order valence-electron chi connectivity index (χ1n) is 10.7. The first kappa shape index (κ1) is 21.0. The predicted octanol–water partition coefficient (Wildman–Crippen LogP) is 3.05. The van der Waals surface area contributed by atoms with Crippen LogP contribution in [0.15, 0.2) is 24.3 Å². The van der Waals surface area contributed by atoms with E-state index in [9.17, 15) is 14.4 Å². The molecule has 1 N–H and O–H groups in total. The summed E-state index contributed by atoms with van der Waals surface area (Å²) in [7, 11) is 0. The SMILES string of the molecule is CCN1CC[C@]2(CN(C(C)=O)CC23CCN(C(=O)Nc2cccc(Cl)c2)CC3)C1=O. The maximum atomic E-state index is 13.4. The van der Waals surface area contributed by atoms with Gasteiger partial charge in [0.05, 0.1) is 5.41 Å². The lowest BCUT2D eigenvalue weighted by atomic mass is 9.60. The van der Waals surface area contributed by atoms with E-state index in [2.05, 4.69) is 5.32 Å². The second-order valence-corrected chi connectivity index (χ2v) is 9.24. The molecule has 3 aliphatic heterocycles. The number of carbonyl (C=O) groups excluding carboxylic acids is 3. The number of carbonyl (C=O) groups is 3. The normalized spacial score (nSPS) is 25.4. The van der Waals surface area contributed by atoms with Crippen molar-refractivity contribution in [3.05, 3.63) is 29.3 Å². The van der Waals surface area contributed by atoms with Crippen LogP contribution in [0.25, 0.3) is 0 Å². The van der Waals surface area contributed by atoms with E-state index in [1.54, 1.807) is 30.0 Å². The Bertz CT molecular complexity index is 868. The van der Waals surface area contributed by atoms with Gasteiger partial charge in [0.2, 0.25) is 11.8 Å². The van der Waals surface area contributed by atoms with Crippen LogP contribution in [-0.2, 0) is 9.59 Å². The zero-order valence-electron chi connectivity index (χ0n) is 17.6. The molecule has 1 aromatic rings. The van der Waals surface area contributed by atoms with Crippen LogP contribution in [0.1, 0.15) is 33.1 Å². The highest BCUT2D eigenvalue weighted by Crippen LogP contribution is 2.57. The number of hydrogen-bond donors (Lipinski definition) is 1. The molecule has 0 aromatic heterocycles. The van der Waals surface area contributed by atoms with Crippen molar-refractivity contribution in [3.63, 3.8) is 0 Å².